The summed E-state index contributed by atoms with van der Waals surface area (Å²) in [6.45, 7) is 1.20. The first-order valence-electron chi connectivity index (χ1n) is 11.2. The monoisotopic (exact) mass is 473 g/mol. The fourth-order valence-electron chi connectivity index (χ4n) is 3.66. The van der Waals surface area contributed by atoms with Crippen molar-refractivity contribution in [1.29, 1.82) is 0 Å². The van der Waals surface area contributed by atoms with Crippen molar-refractivity contribution in [3.63, 3.8) is 0 Å². The lowest BCUT2D eigenvalue weighted by Gasteiger charge is -2.15. The molecule has 0 fully saturated rings. The first-order chi connectivity index (χ1) is 16.6. The van der Waals surface area contributed by atoms with Gasteiger partial charge in [0.25, 0.3) is 0 Å². The maximum Gasteiger partial charge on any atom is 0.407 e. The Morgan fingerprint density at radius 2 is 1.50 bits per heavy atom. The fourth-order valence-corrected chi connectivity index (χ4v) is 3.66. The Labute approximate surface area is 198 Å². The van der Waals surface area contributed by atoms with Gasteiger partial charge in [0, 0.05) is 13.0 Å². The van der Waals surface area contributed by atoms with Gasteiger partial charge in [-0.05, 0) is 22.3 Å². The van der Waals surface area contributed by atoms with Crippen LogP contribution in [0.4, 0.5) is 4.79 Å². The van der Waals surface area contributed by atoms with Gasteiger partial charge < -0.3 is 34.1 Å². The number of esters is 1. The standard InChI is InChI=1S/C25H31NO8/c1-30-10-11-31-12-13-32-15-18(27)16-33-24(28)14-26-25(29)34-17-23-21-8-4-2-6-19(21)20-7-3-5-9-22(20)23/h2-9,18,23,27H,10-17H2,1H3,(H,26,29). The van der Waals surface area contributed by atoms with E-state index < -0.39 is 18.2 Å². The SMILES string of the molecule is COCCOCCOCC(O)COC(=O)CNC(=O)OCC1c2ccccc2-c2ccccc21. The fraction of sp³-hybridized carbons (Fsp3) is 0.440. The van der Waals surface area contributed by atoms with E-state index in [-0.39, 0.29) is 32.3 Å². The number of rotatable bonds is 14. The second-order valence-corrected chi connectivity index (χ2v) is 7.70. The number of carbonyl (C=O) groups is 2. The average Bonchev–Trinajstić information content (AvgIpc) is 3.18. The molecule has 0 saturated heterocycles. The van der Waals surface area contributed by atoms with Gasteiger partial charge in [-0.25, -0.2) is 4.79 Å². The van der Waals surface area contributed by atoms with Gasteiger partial charge in [0.15, 0.2) is 0 Å². The van der Waals surface area contributed by atoms with Crippen LogP contribution < -0.4 is 5.32 Å². The predicted octanol–water partition coefficient (Wildman–Crippen LogP) is 2.11. The Hall–Kier alpha value is -2.98. The van der Waals surface area contributed by atoms with Crippen LogP contribution >= 0.6 is 0 Å². The number of benzene rings is 2. The maximum atomic E-state index is 12.1. The van der Waals surface area contributed by atoms with Crippen LogP contribution in [-0.2, 0) is 28.5 Å². The number of nitrogens with one attached hydrogen (secondary N) is 1. The van der Waals surface area contributed by atoms with Crippen molar-refractivity contribution in [2.24, 2.45) is 0 Å². The van der Waals surface area contributed by atoms with E-state index in [0.717, 1.165) is 22.3 Å². The van der Waals surface area contributed by atoms with E-state index >= 15 is 0 Å². The van der Waals surface area contributed by atoms with Crippen molar-refractivity contribution >= 4 is 12.1 Å². The summed E-state index contributed by atoms with van der Waals surface area (Å²) in [6.07, 6.45) is -1.69. The number of aliphatic hydroxyl groups is 1. The first-order valence-corrected chi connectivity index (χ1v) is 11.2. The molecule has 34 heavy (non-hydrogen) atoms. The summed E-state index contributed by atoms with van der Waals surface area (Å²) in [4.78, 5) is 23.9. The quantitative estimate of drug-likeness (QED) is 0.317. The minimum atomic E-state index is -0.975. The zero-order chi connectivity index (χ0) is 24.2. The lowest BCUT2D eigenvalue weighted by molar-refractivity contribution is -0.146. The highest BCUT2D eigenvalue weighted by Gasteiger charge is 2.29. The third-order valence-corrected chi connectivity index (χ3v) is 5.27. The Morgan fingerprint density at radius 1 is 0.882 bits per heavy atom. The zero-order valence-electron chi connectivity index (χ0n) is 19.2. The second kappa shape index (κ2) is 13.7. The summed E-state index contributed by atoms with van der Waals surface area (Å²) in [7, 11) is 1.59. The van der Waals surface area contributed by atoms with Crippen molar-refractivity contribution in [3.05, 3.63) is 59.7 Å². The molecule has 1 aliphatic rings. The van der Waals surface area contributed by atoms with Crippen molar-refractivity contribution in [2.75, 3.05) is 59.9 Å². The van der Waals surface area contributed by atoms with Crippen LogP contribution in [0.2, 0.25) is 0 Å². The van der Waals surface area contributed by atoms with Gasteiger partial charge in [-0.1, -0.05) is 48.5 Å². The molecule has 2 N–H and O–H groups in total. The number of aliphatic hydroxyl groups excluding tert-OH is 1. The molecule has 9 heteroatoms. The number of hydrogen-bond donors (Lipinski definition) is 2. The molecule has 1 amide bonds. The number of hydrogen-bond acceptors (Lipinski definition) is 8. The highest BCUT2D eigenvalue weighted by atomic mass is 16.6. The van der Waals surface area contributed by atoms with Crippen LogP contribution in [0.5, 0.6) is 0 Å². The van der Waals surface area contributed by atoms with Gasteiger partial charge >= 0.3 is 12.1 Å². The van der Waals surface area contributed by atoms with Crippen LogP contribution in [0, 0.1) is 0 Å². The van der Waals surface area contributed by atoms with Gasteiger partial charge in [0.1, 0.15) is 25.9 Å². The Bertz CT molecular complexity index is 889. The van der Waals surface area contributed by atoms with Gasteiger partial charge in [0.05, 0.1) is 33.0 Å². The molecule has 1 atom stereocenters. The number of methoxy groups -OCH3 is 1. The first kappa shape index (κ1) is 25.6. The number of amides is 1. The van der Waals surface area contributed by atoms with Gasteiger partial charge in [-0.3, -0.25) is 4.79 Å². The summed E-state index contributed by atoms with van der Waals surface area (Å²) >= 11 is 0. The zero-order valence-corrected chi connectivity index (χ0v) is 19.2. The highest BCUT2D eigenvalue weighted by molar-refractivity contribution is 5.80. The number of ether oxygens (including phenoxy) is 5. The van der Waals surface area contributed by atoms with E-state index in [1.165, 1.54) is 0 Å². The molecule has 0 aromatic heterocycles. The number of fused-ring (bicyclic) bond motifs is 3. The average molecular weight is 474 g/mol. The van der Waals surface area contributed by atoms with Crippen LogP contribution in [0.15, 0.2) is 48.5 Å². The molecule has 2 aromatic rings. The van der Waals surface area contributed by atoms with Crippen molar-refractivity contribution in [2.45, 2.75) is 12.0 Å². The minimum Gasteiger partial charge on any atom is -0.462 e. The maximum absolute atomic E-state index is 12.1. The van der Waals surface area contributed by atoms with Crippen LogP contribution in [0.25, 0.3) is 11.1 Å². The predicted molar refractivity (Wildman–Crippen MR) is 124 cm³/mol. The summed E-state index contributed by atoms with van der Waals surface area (Å²) in [5.41, 5.74) is 4.48. The third kappa shape index (κ3) is 7.53. The molecule has 0 bridgehead atoms. The normalized spacial score (nSPS) is 13.1. The van der Waals surface area contributed by atoms with E-state index in [2.05, 4.69) is 17.4 Å². The van der Waals surface area contributed by atoms with Crippen LogP contribution in [0.3, 0.4) is 0 Å². The molecular formula is C25H31NO8. The van der Waals surface area contributed by atoms with Gasteiger partial charge in [-0.15, -0.1) is 0 Å². The molecule has 0 radical (unpaired) electrons. The van der Waals surface area contributed by atoms with E-state index in [9.17, 15) is 14.7 Å². The smallest absolute Gasteiger partial charge is 0.407 e. The Balaban J connectivity index is 1.31. The number of carbonyl (C=O) groups excluding carboxylic acids is 2. The van der Waals surface area contributed by atoms with Gasteiger partial charge in [-0.2, -0.15) is 0 Å². The summed E-state index contributed by atoms with van der Waals surface area (Å²) in [6, 6.07) is 16.1. The summed E-state index contributed by atoms with van der Waals surface area (Å²) in [5.74, 6) is -0.749. The molecule has 0 aliphatic heterocycles. The lowest BCUT2D eigenvalue weighted by Crippen LogP contribution is -2.33. The lowest BCUT2D eigenvalue weighted by atomic mass is 9.98. The molecule has 2 aromatic carbocycles. The van der Waals surface area contributed by atoms with E-state index in [1.807, 2.05) is 36.4 Å². The molecule has 1 unspecified atom stereocenters. The van der Waals surface area contributed by atoms with Crippen molar-refractivity contribution in [1.82, 2.24) is 5.32 Å². The van der Waals surface area contributed by atoms with Crippen molar-refractivity contribution < 1.29 is 38.4 Å². The Morgan fingerprint density at radius 3 is 2.18 bits per heavy atom. The largest absolute Gasteiger partial charge is 0.462 e. The van der Waals surface area contributed by atoms with E-state index in [0.29, 0.717) is 26.4 Å². The molecule has 184 valence electrons. The molecule has 0 saturated carbocycles. The summed E-state index contributed by atoms with van der Waals surface area (Å²) in [5, 5.41) is 12.2. The topological polar surface area (TPSA) is 113 Å². The van der Waals surface area contributed by atoms with Crippen molar-refractivity contribution in [3.8, 4) is 11.1 Å². The van der Waals surface area contributed by atoms with Gasteiger partial charge in [0.2, 0.25) is 0 Å². The van der Waals surface area contributed by atoms with Crippen LogP contribution in [0.1, 0.15) is 17.0 Å². The Kier molecular flexibility index (Phi) is 10.3. The summed E-state index contributed by atoms with van der Waals surface area (Å²) < 4.78 is 25.6. The molecule has 1 aliphatic carbocycles. The molecule has 9 nitrogen and oxygen atoms in total. The second-order valence-electron chi connectivity index (χ2n) is 7.70. The van der Waals surface area contributed by atoms with E-state index in [4.69, 9.17) is 23.7 Å². The minimum absolute atomic E-state index is 0.000719. The molecule has 3 rings (SSSR count). The molecule has 0 spiro atoms. The molecular weight excluding hydrogens is 442 g/mol. The molecule has 0 heterocycles. The highest BCUT2D eigenvalue weighted by Crippen LogP contribution is 2.44. The third-order valence-electron chi connectivity index (χ3n) is 5.27. The van der Waals surface area contributed by atoms with Crippen LogP contribution in [-0.4, -0.2) is 83.2 Å². The van der Waals surface area contributed by atoms with E-state index in [1.54, 1.807) is 7.11 Å². The number of alkyl carbamates (subject to hydrolysis) is 1.